The van der Waals surface area contributed by atoms with E-state index >= 15 is 0 Å². The van der Waals surface area contributed by atoms with E-state index in [1.54, 1.807) is 0 Å². The number of ether oxygens (including phenoxy) is 1. The minimum absolute atomic E-state index is 0.401. The fourth-order valence-corrected chi connectivity index (χ4v) is 3.27. The molecule has 0 unspecified atom stereocenters. The summed E-state index contributed by atoms with van der Waals surface area (Å²) in [4.78, 5) is 11.4. The summed E-state index contributed by atoms with van der Waals surface area (Å²) < 4.78 is 26.2. The van der Waals surface area contributed by atoms with Crippen molar-refractivity contribution in [1.29, 1.82) is 0 Å². The van der Waals surface area contributed by atoms with E-state index in [0.29, 0.717) is 12.8 Å². The average molecular weight is 206 g/mol. The molecule has 0 heterocycles. The second-order valence-electron chi connectivity index (χ2n) is 3.47. The molecule has 0 N–H and O–H groups in total. The molecule has 4 nitrogen and oxygen atoms in total. The molecule has 0 atom stereocenters. The minimum atomic E-state index is -3.35. The highest BCUT2D eigenvalue weighted by molar-refractivity contribution is 7.92. The second kappa shape index (κ2) is 3.29. The Morgan fingerprint density at radius 1 is 1.31 bits per heavy atom. The number of rotatable bonds is 2. The molecule has 0 aliphatic heterocycles. The normalized spacial score (nSPS) is 21.4. The molecule has 0 aromatic heterocycles. The first-order valence-corrected chi connectivity index (χ1v) is 6.11. The predicted molar refractivity (Wildman–Crippen MR) is 48.1 cm³/mol. The molecule has 0 aromatic carbocycles. The third kappa shape index (κ3) is 1.57. The molecule has 13 heavy (non-hydrogen) atoms. The van der Waals surface area contributed by atoms with Gasteiger partial charge in [0.25, 0.3) is 0 Å². The molecule has 0 aromatic rings. The third-order valence-electron chi connectivity index (χ3n) is 2.68. The number of hydrogen-bond acceptors (Lipinski definition) is 4. The van der Waals surface area contributed by atoms with Crippen LogP contribution in [-0.4, -0.2) is 32.5 Å². The summed E-state index contributed by atoms with van der Waals surface area (Å²) in [5.41, 5.74) is 0. The van der Waals surface area contributed by atoms with Gasteiger partial charge in [-0.25, -0.2) is 8.42 Å². The largest absolute Gasteiger partial charge is 0.468 e. The van der Waals surface area contributed by atoms with Crippen molar-refractivity contribution < 1.29 is 17.9 Å². The number of sulfone groups is 1. The SMILES string of the molecule is COC(=O)C1(S(C)(=O)=O)CCCC1. The summed E-state index contributed by atoms with van der Waals surface area (Å²) in [7, 11) is -2.12. The molecule has 0 amide bonds. The first-order valence-electron chi connectivity index (χ1n) is 4.22. The summed E-state index contributed by atoms with van der Waals surface area (Å²) in [5.74, 6) is -0.604. The monoisotopic (exact) mass is 206 g/mol. The predicted octanol–water partition coefficient (Wildman–Crippen LogP) is 0.517. The molecule has 0 saturated heterocycles. The number of methoxy groups -OCH3 is 1. The Morgan fingerprint density at radius 2 is 1.77 bits per heavy atom. The van der Waals surface area contributed by atoms with Crippen LogP contribution in [0.5, 0.6) is 0 Å². The van der Waals surface area contributed by atoms with Crippen LogP contribution in [0.4, 0.5) is 0 Å². The van der Waals surface area contributed by atoms with E-state index in [4.69, 9.17) is 0 Å². The molecule has 0 bridgehead atoms. The Kier molecular flexibility index (Phi) is 2.66. The van der Waals surface area contributed by atoms with Crippen molar-refractivity contribution in [2.45, 2.75) is 30.4 Å². The van der Waals surface area contributed by atoms with Crippen LogP contribution in [0.3, 0.4) is 0 Å². The lowest BCUT2D eigenvalue weighted by Crippen LogP contribution is -2.44. The lowest BCUT2D eigenvalue weighted by molar-refractivity contribution is -0.143. The molecule has 0 spiro atoms. The molecule has 1 rings (SSSR count). The van der Waals surface area contributed by atoms with Gasteiger partial charge in [0.1, 0.15) is 0 Å². The molecular formula is C8H14O4S. The first-order chi connectivity index (χ1) is 5.94. The van der Waals surface area contributed by atoms with Gasteiger partial charge in [0, 0.05) is 6.26 Å². The molecule has 1 aliphatic rings. The zero-order chi connectivity index (χ0) is 10.1. The Morgan fingerprint density at radius 3 is 2.08 bits per heavy atom. The number of hydrogen-bond donors (Lipinski definition) is 0. The maximum atomic E-state index is 11.5. The number of esters is 1. The highest BCUT2D eigenvalue weighted by Gasteiger charge is 2.51. The summed E-state index contributed by atoms with van der Waals surface area (Å²) in [6, 6.07) is 0. The van der Waals surface area contributed by atoms with E-state index in [0.717, 1.165) is 19.1 Å². The van der Waals surface area contributed by atoms with Crippen molar-refractivity contribution in [1.82, 2.24) is 0 Å². The van der Waals surface area contributed by atoms with Crippen LogP contribution in [0.2, 0.25) is 0 Å². The van der Waals surface area contributed by atoms with Crippen LogP contribution in [0.1, 0.15) is 25.7 Å². The lowest BCUT2D eigenvalue weighted by Gasteiger charge is -2.23. The van der Waals surface area contributed by atoms with Crippen molar-refractivity contribution >= 4 is 15.8 Å². The van der Waals surface area contributed by atoms with Crippen LogP contribution >= 0.6 is 0 Å². The zero-order valence-electron chi connectivity index (χ0n) is 7.87. The van der Waals surface area contributed by atoms with Gasteiger partial charge in [-0.3, -0.25) is 4.79 Å². The highest BCUT2D eigenvalue weighted by atomic mass is 32.2. The molecule has 1 saturated carbocycles. The van der Waals surface area contributed by atoms with Crippen LogP contribution < -0.4 is 0 Å². The standard InChI is InChI=1S/C8H14O4S/c1-12-7(9)8(13(2,10)11)5-3-4-6-8/h3-6H2,1-2H3. The fourth-order valence-electron chi connectivity index (χ4n) is 1.86. The molecular weight excluding hydrogens is 192 g/mol. The highest BCUT2D eigenvalue weighted by Crippen LogP contribution is 2.37. The van der Waals surface area contributed by atoms with E-state index in [9.17, 15) is 13.2 Å². The first kappa shape index (κ1) is 10.5. The topological polar surface area (TPSA) is 60.4 Å². The lowest BCUT2D eigenvalue weighted by atomic mass is 10.1. The van der Waals surface area contributed by atoms with E-state index in [-0.39, 0.29) is 0 Å². The molecule has 5 heteroatoms. The summed E-state index contributed by atoms with van der Waals surface area (Å²) >= 11 is 0. The number of carbonyl (C=O) groups is 1. The third-order valence-corrected chi connectivity index (χ3v) is 4.67. The summed E-state index contributed by atoms with van der Waals surface area (Å²) in [6.07, 6.45) is 3.47. The quantitative estimate of drug-likeness (QED) is 0.618. The van der Waals surface area contributed by atoms with Crippen molar-refractivity contribution in [3.05, 3.63) is 0 Å². The Bertz CT molecular complexity index is 298. The van der Waals surface area contributed by atoms with Gasteiger partial charge in [0.15, 0.2) is 14.6 Å². The molecule has 76 valence electrons. The van der Waals surface area contributed by atoms with Crippen molar-refractivity contribution in [3.63, 3.8) is 0 Å². The Balaban J connectivity index is 3.09. The zero-order valence-corrected chi connectivity index (χ0v) is 8.69. The minimum Gasteiger partial charge on any atom is -0.468 e. The smallest absolute Gasteiger partial charge is 0.327 e. The Hall–Kier alpha value is -0.580. The van der Waals surface area contributed by atoms with E-state index in [2.05, 4.69) is 4.74 Å². The maximum absolute atomic E-state index is 11.5. The Labute approximate surface area is 78.2 Å². The van der Waals surface area contributed by atoms with Gasteiger partial charge in [0.05, 0.1) is 7.11 Å². The summed E-state index contributed by atoms with van der Waals surface area (Å²) in [6.45, 7) is 0. The van der Waals surface area contributed by atoms with Crippen LogP contribution in [0, 0.1) is 0 Å². The van der Waals surface area contributed by atoms with Gasteiger partial charge >= 0.3 is 5.97 Å². The van der Waals surface area contributed by atoms with Crippen LogP contribution in [0.25, 0.3) is 0 Å². The van der Waals surface area contributed by atoms with Gasteiger partial charge in [-0.1, -0.05) is 12.8 Å². The van der Waals surface area contributed by atoms with Crippen molar-refractivity contribution in [2.75, 3.05) is 13.4 Å². The van der Waals surface area contributed by atoms with E-state index < -0.39 is 20.6 Å². The van der Waals surface area contributed by atoms with Crippen molar-refractivity contribution in [3.8, 4) is 0 Å². The van der Waals surface area contributed by atoms with Gasteiger partial charge in [-0.05, 0) is 12.8 Å². The van der Waals surface area contributed by atoms with Gasteiger partial charge in [-0.15, -0.1) is 0 Å². The maximum Gasteiger partial charge on any atom is 0.327 e. The molecule has 0 radical (unpaired) electrons. The summed E-state index contributed by atoms with van der Waals surface area (Å²) in [5, 5.41) is 0. The second-order valence-corrected chi connectivity index (χ2v) is 5.79. The van der Waals surface area contributed by atoms with E-state index in [1.807, 2.05) is 0 Å². The van der Waals surface area contributed by atoms with Gasteiger partial charge < -0.3 is 4.74 Å². The molecule has 1 fully saturated rings. The number of carbonyl (C=O) groups excluding carboxylic acids is 1. The van der Waals surface area contributed by atoms with Gasteiger partial charge in [-0.2, -0.15) is 0 Å². The van der Waals surface area contributed by atoms with Crippen molar-refractivity contribution in [2.24, 2.45) is 0 Å². The average Bonchev–Trinajstić information content (AvgIpc) is 2.50. The van der Waals surface area contributed by atoms with Crippen LogP contribution in [0.15, 0.2) is 0 Å². The fraction of sp³-hybridized carbons (Fsp3) is 0.875. The van der Waals surface area contributed by atoms with E-state index in [1.165, 1.54) is 7.11 Å². The van der Waals surface area contributed by atoms with Gasteiger partial charge in [0.2, 0.25) is 0 Å². The molecule has 1 aliphatic carbocycles. The van der Waals surface area contributed by atoms with Crippen LogP contribution in [-0.2, 0) is 19.4 Å².